The topological polar surface area (TPSA) is 87.0 Å². The molecule has 2 aromatic rings. The summed E-state index contributed by atoms with van der Waals surface area (Å²) in [5.74, 6) is 0. The highest BCUT2D eigenvalue weighted by Crippen LogP contribution is 2.25. The maximum Gasteiger partial charge on any atom is 0.269 e. The maximum absolute atomic E-state index is 10.5. The van der Waals surface area contributed by atoms with Gasteiger partial charge in [-0.1, -0.05) is 0 Å². The minimum absolute atomic E-state index is 0.0576. The van der Waals surface area contributed by atoms with Crippen LogP contribution in [0.25, 0.3) is 11.3 Å². The van der Waals surface area contributed by atoms with E-state index in [1.165, 1.54) is 12.1 Å². The molecule has 88 valence electrons. The van der Waals surface area contributed by atoms with E-state index in [4.69, 9.17) is 5.73 Å². The second-order valence-electron chi connectivity index (χ2n) is 3.59. The largest absolute Gasteiger partial charge is 0.396 e. The third-order valence-corrected chi connectivity index (χ3v) is 2.47. The fraction of sp³-hybridized carbons (Fsp3) is 0.182. The van der Waals surface area contributed by atoms with Gasteiger partial charge in [0.1, 0.15) is 5.69 Å². The highest BCUT2D eigenvalue weighted by molar-refractivity contribution is 5.72. The molecular weight excluding hydrogens is 220 g/mol. The number of aromatic nitrogens is 2. The molecule has 0 aliphatic rings. The quantitative estimate of drug-likeness (QED) is 0.648. The Kier molecular flexibility index (Phi) is 2.78. The molecule has 0 atom stereocenters. The van der Waals surface area contributed by atoms with E-state index in [1.54, 1.807) is 23.0 Å². The number of nitrogens with zero attached hydrogens (tertiary/aromatic N) is 3. The molecule has 0 unspecified atom stereocenters. The van der Waals surface area contributed by atoms with E-state index in [-0.39, 0.29) is 5.69 Å². The van der Waals surface area contributed by atoms with Crippen LogP contribution in [0.1, 0.15) is 6.92 Å². The second-order valence-corrected chi connectivity index (χ2v) is 3.59. The highest BCUT2D eigenvalue weighted by atomic mass is 16.6. The molecule has 6 nitrogen and oxygen atoms in total. The lowest BCUT2D eigenvalue weighted by molar-refractivity contribution is -0.384. The van der Waals surface area contributed by atoms with Gasteiger partial charge in [-0.25, -0.2) is 0 Å². The zero-order valence-electron chi connectivity index (χ0n) is 9.33. The van der Waals surface area contributed by atoms with Gasteiger partial charge in [-0.05, 0) is 19.1 Å². The van der Waals surface area contributed by atoms with Crippen LogP contribution in [0.3, 0.4) is 0 Å². The Labute approximate surface area is 97.8 Å². The van der Waals surface area contributed by atoms with Crippen LogP contribution >= 0.6 is 0 Å². The summed E-state index contributed by atoms with van der Waals surface area (Å²) in [4.78, 5) is 10.1. The van der Waals surface area contributed by atoms with Crippen LogP contribution in [-0.4, -0.2) is 14.7 Å². The Morgan fingerprint density at radius 1 is 1.41 bits per heavy atom. The molecule has 6 heteroatoms. The van der Waals surface area contributed by atoms with E-state index in [0.29, 0.717) is 11.4 Å². The molecule has 17 heavy (non-hydrogen) atoms. The molecule has 0 aliphatic heterocycles. The molecule has 1 aromatic carbocycles. The van der Waals surface area contributed by atoms with Gasteiger partial charge >= 0.3 is 0 Å². The van der Waals surface area contributed by atoms with Gasteiger partial charge < -0.3 is 5.73 Å². The van der Waals surface area contributed by atoms with Crippen molar-refractivity contribution in [2.45, 2.75) is 13.5 Å². The predicted molar refractivity (Wildman–Crippen MR) is 64.4 cm³/mol. The van der Waals surface area contributed by atoms with Gasteiger partial charge in [0.2, 0.25) is 0 Å². The first kappa shape index (κ1) is 11.1. The average Bonchev–Trinajstić information content (AvgIpc) is 2.71. The van der Waals surface area contributed by atoms with E-state index < -0.39 is 4.92 Å². The van der Waals surface area contributed by atoms with Crippen molar-refractivity contribution in [2.24, 2.45) is 0 Å². The molecule has 1 aromatic heterocycles. The van der Waals surface area contributed by atoms with E-state index in [2.05, 4.69) is 5.10 Å². The Morgan fingerprint density at radius 3 is 2.53 bits per heavy atom. The molecule has 2 rings (SSSR count). The second kappa shape index (κ2) is 4.25. The normalized spacial score (nSPS) is 10.4. The van der Waals surface area contributed by atoms with Crippen LogP contribution in [0.5, 0.6) is 0 Å². The summed E-state index contributed by atoms with van der Waals surface area (Å²) in [6.07, 6.45) is 1.75. The summed E-state index contributed by atoms with van der Waals surface area (Å²) in [6, 6.07) is 6.19. The maximum atomic E-state index is 10.5. The van der Waals surface area contributed by atoms with Gasteiger partial charge in [0.15, 0.2) is 0 Å². The zero-order chi connectivity index (χ0) is 12.4. The molecule has 0 radical (unpaired) electrons. The van der Waals surface area contributed by atoms with Crippen molar-refractivity contribution in [3.8, 4) is 11.3 Å². The average molecular weight is 232 g/mol. The number of non-ortho nitro benzene ring substituents is 1. The zero-order valence-corrected chi connectivity index (χ0v) is 9.33. The van der Waals surface area contributed by atoms with E-state index in [9.17, 15) is 10.1 Å². The number of rotatable bonds is 3. The summed E-state index contributed by atoms with van der Waals surface area (Å²) >= 11 is 0. The highest BCUT2D eigenvalue weighted by Gasteiger charge is 2.10. The van der Waals surface area contributed by atoms with Gasteiger partial charge in [-0.3, -0.25) is 14.8 Å². The number of hydrogen-bond donors (Lipinski definition) is 1. The number of hydrogen-bond acceptors (Lipinski definition) is 4. The Hall–Kier alpha value is -2.37. The third kappa shape index (κ3) is 2.10. The standard InChI is InChI=1S/C11H12N4O2/c1-2-14-7-10(12)11(13-14)8-3-5-9(6-4-8)15(16)17/h3-7H,2,12H2,1H3. The van der Waals surface area contributed by atoms with Gasteiger partial charge in [-0.15, -0.1) is 0 Å². The van der Waals surface area contributed by atoms with Crippen LogP contribution in [0.4, 0.5) is 11.4 Å². The number of nitro benzene ring substituents is 1. The SMILES string of the molecule is CCn1cc(N)c(-c2ccc([N+](=O)[O-])cc2)n1. The van der Waals surface area contributed by atoms with Crippen molar-refractivity contribution in [3.05, 3.63) is 40.6 Å². The molecule has 1 heterocycles. The molecule has 0 bridgehead atoms. The number of benzene rings is 1. The lowest BCUT2D eigenvalue weighted by Crippen LogP contribution is -1.94. The Balaban J connectivity index is 2.39. The number of nitrogens with two attached hydrogens (primary N) is 1. The molecule has 0 aliphatic carbocycles. The van der Waals surface area contributed by atoms with Crippen molar-refractivity contribution in [3.63, 3.8) is 0 Å². The smallest absolute Gasteiger partial charge is 0.269 e. The monoisotopic (exact) mass is 232 g/mol. The summed E-state index contributed by atoms with van der Waals surface area (Å²) in [5, 5.41) is 14.8. The molecule has 0 spiro atoms. The first-order chi connectivity index (χ1) is 8.11. The van der Waals surface area contributed by atoms with E-state index in [1.807, 2.05) is 6.92 Å². The lowest BCUT2D eigenvalue weighted by atomic mass is 10.1. The molecule has 2 N–H and O–H groups in total. The van der Waals surface area contributed by atoms with Gasteiger partial charge in [-0.2, -0.15) is 5.10 Å². The third-order valence-electron chi connectivity index (χ3n) is 2.47. The number of nitro groups is 1. The van der Waals surface area contributed by atoms with Crippen molar-refractivity contribution < 1.29 is 4.92 Å². The summed E-state index contributed by atoms with van der Waals surface area (Å²) in [6.45, 7) is 2.70. The van der Waals surface area contributed by atoms with Gasteiger partial charge in [0.25, 0.3) is 5.69 Å². The number of nitrogen functional groups attached to an aromatic ring is 1. The summed E-state index contributed by atoms with van der Waals surface area (Å²) < 4.78 is 1.73. The van der Waals surface area contributed by atoms with Crippen molar-refractivity contribution >= 4 is 11.4 Å². The minimum atomic E-state index is -0.433. The fourth-order valence-corrected chi connectivity index (χ4v) is 1.56. The molecule has 0 saturated carbocycles. The molecule has 0 fully saturated rings. The summed E-state index contributed by atoms with van der Waals surface area (Å²) in [5.41, 5.74) is 7.89. The number of aryl methyl sites for hydroxylation is 1. The molecular formula is C11H12N4O2. The van der Waals surface area contributed by atoms with Crippen molar-refractivity contribution in [1.29, 1.82) is 0 Å². The first-order valence-corrected chi connectivity index (χ1v) is 5.19. The lowest BCUT2D eigenvalue weighted by Gasteiger charge is -1.98. The van der Waals surface area contributed by atoms with Crippen molar-refractivity contribution in [1.82, 2.24) is 9.78 Å². The van der Waals surface area contributed by atoms with Crippen LogP contribution in [0, 0.1) is 10.1 Å². The first-order valence-electron chi connectivity index (χ1n) is 5.19. The Bertz CT molecular complexity index is 545. The predicted octanol–water partition coefficient (Wildman–Crippen LogP) is 2.06. The van der Waals surface area contributed by atoms with Gasteiger partial charge in [0.05, 0.1) is 10.6 Å². The van der Waals surface area contributed by atoms with Crippen LogP contribution in [0.15, 0.2) is 30.5 Å². The van der Waals surface area contributed by atoms with E-state index >= 15 is 0 Å². The van der Waals surface area contributed by atoms with Crippen molar-refractivity contribution in [2.75, 3.05) is 5.73 Å². The van der Waals surface area contributed by atoms with Crippen LogP contribution < -0.4 is 5.73 Å². The number of anilines is 1. The molecule has 0 amide bonds. The van der Waals surface area contributed by atoms with Gasteiger partial charge in [0, 0.05) is 30.4 Å². The minimum Gasteiger partial charge on any atom is -0.396 e. The van der Waals surface area contributed by atoms with Crippen LogP contribution in [-0.2, 0) is 6.54 Å². The Morgan fingerprint density at radius 2 is 2.06 bits per heavy atom. The van der Waals surface area contributed by atoms with E-state index in [0.717, 1.165) is 12.1 Å². The fourth-order valence-electron chi connectivity index (χ4n) is 1.56. The van der Waals surface area contributed by atoms with Crippen LogP contribution in [0.2, 0.25) is 0 Å². The summed E-state index contributed by atoms with van der Waals surface area (Å²) in [7, 11) is 0. The molecule has 0 saturated heterocycles.